The lowest BCUT2D eigenvalue weighted by Gasteiger charge is -2.33. The van der Waals surface area contributed by atoms with Crippen molar-refractivity contribution in [2.24, 2.45) is 7.05 Å². The van der Waals surface area contributed by atoms with Crippen LogP contribution in [0.3, 0.4) is 0 Å². The summed E-state index contributed by atoms with van der Waals surface area (Å²) in [7, 11) is 4.08. The lowest BCUT2D eigenvalue weighted by Crippen LogP contribution is -2.40. The summed E-state index contributed by atoms with van der Waals surface area (Å²) < 4.78 is 2.11. The van der Waals surface area contributed by atoms with Gasteiger partial charge in [-0.2, -0.15) is 0 Å². The van der Waals surface area contributed by atoms with Gasteiger partial charge in [-0.1, -0.05) is 6.07 Å². The summed E-state index contributed by atoms with van der Waals surface area (Å²) in [5.41, 5.74) is 2.08. The Morgan fingerprint density at radius 3 is 2.92 bits per heavy atom. The van der Waals surface area contributed by atoms with Gasteiger partial charge < -0.3 is 14.4 Å². The Morgan fingerprint density at radius 1 is 1.38 bits per heavy atom. The van der Waals surface area contributed by atoms with Crippen LogP contribution in [0.1, 0.15) is 42.4 Å². The predicted molar refractivity (Wildman–Crippen MR) is 102 cm³/mol. The molecule has 1 aliphatic heterocycles. The third kappa shape index (κ3) is 4.69. The first kappa shape index (κ1) is 18.6. The monoisotopic (exact) mass is 355 g/mol. The fourth-order valence-electron chi connectivity index (χ4n) is 3.72. The molecule has 1 amide bonds. The van der Waals surface area contributed by atoms with Crippen molar-refractivity contribution in [3.63, 3.8) is 0 Å². The summed E-state index contributed by atoms with van der Waals surface area (Å²) in [6.45, 7) is 5.18. The molecule has 0 aliphatic carbocycles. The third-order valence-corrected chi connectivity index (χ3v) is 5.04. The number of aryl methyl sites for hydroxylation is 2. The molecule has 1 saturated heterocycles. The topological polar surface area (TPSA) is 54.3 Å². The average Bonchev–Trinajstić information content (AvgIpc) is 2.99. The van der Waals surface area contributed by atoms with Gasteiger partial charge in [0.05, 0.1) is 11.4 Å². The van der Waals surface area contributed by atoms with E-state index < -0.39 is 0 Å². The molecule has 1 fully saturated rings. The first-order valence-corrected chi connectivity index (χ1v) is 9.39. The summed E-state index contributed by atoms with van der Waals surface area (Å²) in [4.78, 5) is 25.9. The van der Waals surface area contributed by atoms with Crippen molar-refractivity contribution in [3.8, 4) is 0 Å². The zero-order chi connectivity index (χ0) is 18.5. The minimum Gasteiger partial charge on any atom is -0.342 e. The van der Waals surface area contributed by atoms with Crippen LogP contribution in [-0.2, 0) is 18.4 Å². The number of amides is 1. The fraction of sp³-hybridized carbons (Fsp3) is 0.550. The van der Waals surface area contributed by atoms with E-state index in [1.165, 1.54) is 0 Å². The molecule has 140 valence electrons. The maximum atomic E-state index is 12.7. The van der Waals surface area contributed by atoms with Gasteiger partial charge in [0, 0.05) is 58.0 Å². The molecular weight excluding hydrogens is 326 g/mol. The summed E-state index contributed by atoms with van der Waals surface area (Å²) >= 11 is 0. The van der Waals surface area contributed by atoms with Gasteiger partial charge in [-0.15, -0.1) is 0 Å². The molecule has 3 heterocycles. The summed E-state index contributed by atoms with van der Waals surface area (Å²) in [5, 5.41) is 0. The molecule has 0 radical (unpaired) electrons. The first-order valence-electron chi connectivity index (χ1n) is 9.39. The fourth-order valence-corrected chi connectivity index (χ4v) is 3.72. The van der Waals surface area contributed by atoms with Crippen LogP contribution in [0.25, 0.3) is 0 Å². The van der Waals surface area contributed by atoms with Crippen LogP contribution in [-0.4, -0.2) is 56.9 Å². The minimum absolute atomic E-state index is 0.244. The van der Waals surface area contributed by atoms with Crippen LogP contribution in [0.4, 0.5) is 0 Å². The van der Waals surface area contributed by atoms with Crippen molar-refractivity contribution in [1.82, 2.24) is 24.3 Å². The molecule has 0 N–H and O–H groups in total. The Labute approximate surface area is 155 Å². The zero-order valence-corrected chi connectivity index (χ0v) is 16.1. The van der Waals surface area contributed by atoms with E-state index in [-0.39, 0.29) is 5.91 Å². The van der Waals surface area contributed by atoms with Crippen LogP contribution >= 0.6 is 0 Å². The Kier molecular flexibility index (Phi) is 6.04. The van der Waals surface area contributed by atoms with Crippen molar-refractivity contribution in [2.75, 3.05) is 26.7 Å². The smallest absolute Gasteiger partial charge is 0.223 e. The second kappa shape index (κ2) is 8.45. The lowest BCUT2D eigenvalue weighted by molar-refractivity contribution is -0.132. The Morgan fingerprint density at radius 2 is 2.23 bits per heavy atom. The highest BCUT2D eigenvalue weighted by atomic mass is 16.2. The second-order valence-electron chi connectivity index (χ2n) is 7.34. The molecule has 0 bridgehead atoms. The normalized spacial score (nSPS) is 17.7. The molecule has 1 aliphatic rings. The van der Waals surface area contributed by atoms with Gasteiger partial charge >= 0.3 is 0 Å². The number of rotatable bonds is 6. The van der Waals surface area contributed by atoms with E-state index in [0.29, 0.717) is 12.3 Å². The van der Waals surface area contributed by atoms with Crippen molar-refractivity contribution in [3.05, 3.63) is 47.8 Å². The third-order valence-electron chi connectivity index (χ3n) is 5.04. The molecule has 0 spiro atoms. The molecule has 6 nitrogen and oxygen atoms in total. The number of imidazole rings is 1. The molecule has 3 rings (SSSR count). The standard InChI is InChI=1S/C20H29N5O/c1-16-13-24(3)20(22-16)17-7-6-11-25(14-17)19(26)9-12-23(2)15-18-8-4-5-10-21-18/h4-5,8,10,13,17H,6-7,9,11-12,14-15H2,1-3H3/t17-/m0/s1. The van der Waals surface area contributed by atoms with E-state index in [0.717, 1.165) is 56.2 Å². The zero-order valence-electron chi connectivity index (χ0n) is 16.1. The molecule has 2 aromatic rings. The second-order valence-corrected chi connectivity index (χ2v) is 7.34. The molecule has 0 saturated carbocycles. The number of nitrogens with zero attached hydrogens (tertiary/aromatic N) is 5. The van der Waals surface area contributed by atoms with E-state index >= 15 is 0 Å². The Hall–Kier alpha value is -2.21. The maximum Gasteiger partial charge on any atom is 0.223 e. The van der Waals surface area contributed by atoms with Crippen LogP contribution in [0.2, 0.25) is 0 Å². The first-order chi connectivity index (χ1) is 12.5. The lowest BCUT2D eigenvalue weighted by atomic mass is 9.97. The van der Waals surface area contributed by atoms with Crippen LogP contribution < -0.4 is 0 Å². The predicted octanol–water partition coefficient (Wildman–Crippen LogP) is 2.35. The largest absolute Gasteiger partial charge is 0.342 e. The van der Waals surface area contributed by atoms with Gasteiger partial charge in [-0.05, 0) is 38.9 Å². The SMILES string of the molecule is Cc1cn(C)c([C@H]2CCCN(C(=O)CCN(C)Cc3ccccn3)C2)n1. The highest BCUT2D eigenvalue weighted by Crippen LogP contribution is 2.26. The number of aromatic nitrogens is 3. The summed E-state index contributed by atoms with van der Waals surface area (Å²) in [6.07, 6.45) is 6.57. The number of hydrogen-bond donors (Lipinski definition) is 0. The van der Waals surface area contributed by atoms with Crippen molar-refractivity contribution < 1.29 is 4.79 Å². The van der Waals surface area contributed by atoms with Crippen LogP contribution in [0, 0.1) is 6.92 Å². The Bertz CT molecular complexity index is 727. The van der Waals surface area contributed by atoms with Crippen LogP contribution in [0.15, 0.2) is 30.6 Å². The van der Waals surface area contributed by atoms with Gasteiger partial charge in [0.15, 0.2) is 0 Å². The van der Waals surface area contributed by atoms with E-state index in [4.69, 9.17) is 0 Å². The van der Waals surface area contributed by atoms with Crippen molar-refractivity contribution in [2.45, 2.75) is 38.6 Å². The van der Waals surface area contributed by atoms with E-state index in [1.807, 2.05) is 50.3 Å². The number of hydrogen-bond acceptors (Lipinski definition) is 4. The van der Waals surface area contributed by atoms with Gasteiger partial charge in [0.2, 0.25) is 5.91 Å². The highest BCUT2D eigenvalue weighted by molar-refractivity contribution is 5.76. The van der Waals surface area contributed by atoms with Gasteiger partial charge in [0.25, 0.3) is 0 Å². The summed E-state index contributed by atoms with van der Waals surface area (Å²) in [6, 6.07) is 5.93. The van der Waals surface area contributed by atoms with E-state index in [2.05, 4.69) is 25.6 Å². The number of carbonyl (C=O) groups excluding carboxylic acids is 1. The van der Waals surface area contributed by atoms with E-state index in [9.17, 15) is 4.79 Å². The van der Waals surface area contributed by atoms with E-state index in [1.54, 1.807) is 0 Å². The molecule has 1 atom stereocenters. The molecule has 0 aromatic carbocycles. The number of likely N-dealkylation sites (tertiary alicyclic amines) is 1. The molecule has 6 heteroatoms. The number of carbonyl (C=O) groups is 1. The minimum atomic E-state index is 0.244. The molecular formula is C20H29N5O. The quantitative estimate of drug-likeness (QED) is 0.798. The van der Waals surface area contributed by atoms with Crippen molar-refractivity contribution >= 4 is 5.91 Å². The van der Waals surface area contributed by atoms with Crippen LogP contribution in [0.5, 0.6) is 0 Å². The Balaban J connectivity index is 1.50. The maximum absolute atomic E-state index is 12.7. The average molecular weight is 355 g/mol. The molecule has 26 heavy (non-hydrogen) atoms. The molecule has 0 unspecified atom stereocenters. The highest BCUT2D eigenvalue weighted by Gasteiger charge is 2.27. The number of piperidine rings is 1. The summed E-state index contributed by atoms with van der Waals surface area (Å²) in [5.74, 6) is 1.69. The van der Waals surface area contributed by atoms with Gasteiger partial charge in [0.1, 0.15) is 5.82 Å². The van der Waals surface area contributed by atoms with Gasteiger partial charge in [-0.3, -0.25) is 9.78 Å². The molecule has 2 aromatic heterocycles. The van der Waals surface area contributed by atoms with Gasteiger partial charge in [-0.25, -0.2) is 4.98 Å². The van der Waals surface area contributed by atoms with Crippen molar-refractivity contribution in [1.29, 1.82) is 0 Å². The number of pyridine rings is 1.